The Labute approximate surface area is 98.0 Å². The highest BCUT2D eigenvalue weighted by atomic mass is 79.9. The van der Waals surface area contributed by atoms with Crippen molar-refractivity contribution in [3.8, 4) is 0 Å². The molecule has 0 spiro atoms. The van der Waals surface area contributed by atoms with Crippen LogP contribution in [-0.2, 0) is 10.0 Å². The minimum atomic E-state index is -4.45. The average Bonchev–Trinajstić information content (AvgIpc) is 2.18. The third-order valence-electron chi connectivity index (χ3n) is 2.21. The summed E-state index contributed by atoms with van der Waals surface area (Å²) in [7, 11) is -4.45. The fraction of sp³-hybridized carbons (Fsp3) is 1.00. The predicted octanol–water partition coefficient (Wildman–Crippen LogP) is 2.42. The summed E-state index contributed by atoms with van der Waals surface area (Å²) >= 11 is 3.07. The minimum absolute atomic E-state index is 0.0824. The lowest BCUT2D eigenvalue weighted by molar-refractivity contribution is 0.208. The van der Waals surface area contributed by atoms with Gasteiger partial charge < -0.3 is 0 Å². The van der Waals surface area contributed by atoms with Crippen molar-refractivity contribution in [2.45, 2.75) is 38.5 Å². The topological polar surface area (TPSA) is 37.4 Å². The molecular weight excluding hydrogens is 292 g/mol. The number of halogens is 3. The van der Waals surface area contributed by atoms with Gasteiger partial charge in [-0.3, -0.25) is 0 Å². The van der Waals surface area contributed by atoms with Crippen LogP contribution in [0.15, 0.2) is 0 Å². The van der Waals surface area contributed by atoms with Gasteiger partial charge in [0, 0.05) is 17.9 Å². The standard InChI is InChI=1S/C8H16BrF2NO2S/c1-3-7(4-2)12(6-5-9)15(13,14)8(10)11/h7-8H,3-6H2,1-2H3. The molecule has 3 nitrogen and oxygen atoms in total. The molecular formula is C8H16BrF2NO2S. The van der Waals surface area contributed by atoms with Gasteiger partial charge in [0.1, 0.15) is 0 Å². The first kappa shape index (κ1) is 15.2. The van der Waals surface area contributed by atoms with E-state index < -0.39 is 15.8 Å². The number of hydrogen-bond donors (Lipinski definition) is 0. The quantitative estimate of drug-likeness (QED) is 0.677. The van der Waals surface area contributed by atoms with Crippen LogP contribution in [0, 0.1) is 0 Å². The monoisotopic (exact) mass is 307 g/mol. The summed E-state index contributed by atoms with van der Waals surface area (Å²) in [6, 6.07) is -0.346. The Kier molecular flexibility index (Phi) is 6.86. The van der Waals surface area contributed by atoms with Crippen molar-refractivity contribution in [2.24, 2.45) is 0 Å². The van der Waals surface area contributed by atoms with E-state index in [2.05, 4.69) is 15.9 Å². The number of hydrogen-bond acceptors (Lipinski definition) is 2. The number of nitrogens with zero attached hydrogens (tertiary/aromatic N) is 1. The molecule has 0 aromatic carbocycles. The van der Waals surface area contributed by atoms with Gasteiger partial charge in [0.15, 0.2) is 0 Å². The molecule has 15 heavy (non-hydrogen) atoms. The molecule has 0 rings (SSSR count). The third-order valence-corrected chi connectivity index (χ3v) is 4.15. The van der Waals surface area contributed by atoms with Crippen molar-refractivity contribution in [1.29, 1.82) is 0 Å². The maximum absolute atomic E-state index is 12.4. The molecule has 0 atom stereocenters. The fourth-order valence-electron chi connectivity index (χ4n) is 1.40. The molecule has 0 saturated heterocycles. The maximum atomic E-state index is 12.4. The SMILES string of the molecule is CCC(CC)N(CCBr)S(=O)(=O)C(F)F. The van der Waals surface area contributed by atoms with E-state index in [9.17, 15) is 17.2 Å². The van der Waals surface area contributed by atoms with Gasteiger partial charge in [-0.2, -0.15) is 13.1 Å². The van der Waals surface area contributed by atoms with E-state index in [-0.39, 0.29) is 12.6 Å². The zero-order chi connectivity index (χ0) is 12.1. The summed E-state index contributed by atoms with van der Waals surface area (Å²) in [6.45, 7) is 3.66. The van der Waals surface area contributed by atoms with Crippen molar-refractivity contribution in [3.05, 3.63) is 0 Å². The molecule has 0 radical (unpaired) electrons. The molecule has 0 aliphatic carbocycles. The van der Waals surface area contributed by atoms with Gasteiger partial charge in [-0.25, -0.2) is 8.42 Å². The molecule has 0 amide bonds. The highest BCUT2D eigenvalue weighted by Crippen LogP contribution is 2.19. The van der Waals surface area contributed by atoms with Crippen LogP contribution < -0.4 is 0 Å². The molecule has 0 heterocycles. The highest BCUT2D eigenvalue weighted by molar-refractivity contribution is 9.09. The van der Waals surface area contributed by atoms with Gasteiger partial charge in [-0.15, -0.1) is 0 Å². The number of rotatable bonds is 7. The largest absolute Gasteiger partial charge is 0.350 e. The van der Waals surface area contributed by atoms with Crippen LogP contribution in [-0.4, -0.2) is 36.4 Å². The number of alkyl halides is 3. The van der Waals surface area contributed by atoms with E-state index in [4.69, 9.17) is 0 Å². The van der Waals surface area contributed by atoms with Crippen molar-refractivity contribution in [2.75, 3.05) is 11.9 Å². The van der Waals surface area contributed by atoms with Gasteiger partial charge in [0.25, 0.3) is 10.0 Å². The molecule has 0 N–H and O–H groups in total. The molecule has 0 aliphatic heterocycles. The lowest BCUT2D eigenvalue weighted by Crippen LogP contribution is -2.43. The Bertz CT molecular complexity index is 268. The summed E-state index contributed by atoms with van der Waals surface area (Å²) in [6.07, 6.45) is 1.07. The van der Waals surface area contributed by atoms with E-state index in [0.717, 1.165) is 4.31 Å². The normalized spacial score (nSPS) is 13.1. The first-order chi connectivity index (χ1) is 6.91. The van der Waals surface area contributed by atoms with Crippen molar-refractivity contribution in [3.63, 3.8) is 0 Å². The molecule has 92 valence electrons. The Morgan fingerprint density at radius 2 is 1.73 bits per heavy atom. The van der Waals surface area contributed by atoms with Gasteiger partial charge >= 0.3 is 5.76 Å². The molecule has 7 heteroatoms. The van der Waals surface area contributed by atoms with Crippen molar-refractivity contribution < 1.29 is 17.2 Å². The fourth-order valence-corrected chi connectivity index (χ4v) is 3.28. The average molecular weight is 308 g/mol. The van der Waals surface area contributed by atoms with Crippen LogP contribution in [0.25, 0.3) is 0 Å². The van der Waals surface area contributed by atoms with Gasteiger partial charge in [0.05, 0.1) is 0 Å². The zero-order valence-electron chi connectivity index (χ0n) is 8.79. The molecule has 0 bridgehead atoms. The lowest BCUT2D eigenvalue weighted by atomic mass is 10.2. The van der Waals surface area contributed by atoms with Gasteiger partial charge in [-0.05, 0) is 12.8 Å². The van der Waals surface area contributed by atoms with Crippen LogP contribution in [0.4, 0.5) is 8.78 Å². The van der Waals surface area contributed by atoms with E-state index >= 15 is 0 Å². The Morgan fingerprint density at radius 1 is 1.27 bits per heavy atom. The van der Waals surface area contributed by atoms with Crippen molar-refractivity contribution >= 4 is 26.0 Å². The first-order valence-corrected chi connectivity index (χ1v) is 7.39. The zero-order valence-corrected chi connectivity index (χ0v) is 11.2. The Balaban J connectivity index is 4.95. The smallest absolute Gasteiger partial charge is 0.206 e. The predicted molar refractivity (Wildman–Crippen MR) is 59.8 cm³/mol. The van der Waals surface area contributed by atoms with Crippen LogP contribution in [0.2, 0.25) is 0 Å². The summed E-state index contributed by atoms with van der Waals surface area (Å²) in [5.74, 6) is -3.34. The van der Waals surface area contributed by atoms with Crippen LogP contribution in [0.5, 0.6) is 0 Å². The second kappa shape index (κ2) is 6.75. The van der Waals surface area contributed by atoms with E-state index in [0.29, 0.717) is 18.2 Å². The summed E-state index contributed by atoms with van der Waals surface area (Å²) in [5.41, 5.74) is 0. The van der Waals surface area contributed by atoms with E-state index in [1.165, 1.54) is 0 Å². The van der Waals surface area contributed by atoms with Gasteiger partial charge in [0.2, 0.25) is 0 Å². The minimum Gasteiger partial charge on any atom is -0.206 e. The van der Waals surface area contributed by atoms with E-state index in [1.807, 2.05) is 0 Å². The summed E-state index contributed by atoms with van der Waals surface area (Å²) < 4.78 is 48.3. The maximum Gasteiger partial charge on any atom is 0.350 e. The Morgan fingerprint density at radius 3 is 2.00 bits per heavy atom. The van der Waals surface area contributed by atoms with E-state index in [1.54, 1.807) is 13.8 Å². The van der Waals surface area contributed by atoms with Crippen LogP contribution >= 0.6 is 15.9 Å². The summed E-state index contributed by atoms with van der Waals surface area (Å²) in [5, 5.41) is 0.357. The molecule has 0 aromatic heterocycles. The lowest BCUT2D eigenvalue weighted by Gasteiger charge is -2.28. The first-order valence-electron chi connectivity index (χ1n) is 4.76. The Hall–Kier alpha value is 0.250. The highest BCUT2D eigenvalue weighted by Gasteiger charge is 2.35. The van der Waals surface area contributed by atoms with Crippen LogP contribution in [0.3, 0.4) is 0 Å². The third kappa shape index (κ3) is 3.96. The second-order valence-electron chi connectivity index (χ2n) is 3.08. The van der Waals surface area contributed by atoms with Crippen molar-refractivity contribution in [1.82, 2.24) is 4.31 Å². The summed E-state index contributed by atoms with van der Waals surface area (Å²) in [4.78, 5) is 0. The molecule has 0 aromatic rings. The molecule has 0 aliphatic rings. The number of sulfonamides is 1. The second-order valence-corrected chi connectivity index (χ2v) is 5.72. The molecule has 0 saturated carbocycles. The molecule has 0 fully saturated rings. The van der Waals surface area contributed by atoms with Crippen LogP contribution in [0.1, 0.15) is 26.7 Å². The molecule has 0 unspecified atom stereocenters. The van der Waals surface area contributed by atoms with Gasteiger partial charge in [-0.1, -0.05) is 29.8 Å².